The number of carbonyl (C=O) groups excluding carboxylic acids is 1. The van der Waals surface area contributed by atoms with Crippen LogP contribution in [0.2, 0.25) is 0 Å². The summed E-state index contributed by atoms with van der Waals surface area (Å²) in [6.45, 7) is 0. The van der Waals surface area contributed by atoms with E-state index < -0.39 is 23.2 Å². The largest absolute Gasteiger partial charge is 0.480 e. The highest BCUT2D eigenvalue weighted by Gasteiger charge is 2.40. The van der Waals surface area contributed by atoms with Crippen molar-refractivity contribution in [2.75, 3.05) is 5.73 Å². The second-order valence-corrected chi connectivity index (χ2v) is 5.49. The molecule has 1 fully saturated rings. The number of carbonyl (C=O) groups is 2. The monoisotopic (exact) mass is 294 g/mol. The first-order valence-electron chi connectivity index (χ1n) is 7.05. The molecule has 4 N–H and O–H groups in total. The Morgan fingerprint density at radius 3 is 2.33 bits per heavy atom. The van der Waals surface area contributed by atoms with E-state index in [9.17, 15) is 19.1 Å². The summed E-state index contributed by atoms with van der Waals surface area (Å²) >= 11 is 0. The minimum absolute atomic E-state index is 0.186. The van der Waals surface area contributed by atoms with Crippen LogP contribution >= 0.6 is 0 Å². The van der Waals surface area contributed by atoms with Crippen LogP contribution in [0.25, 0.3) is 0 Å². The molecule has 0 aliphatic heterocycles. The maximum Gasteiger partial charge on any atom is 0.329 e. The summed E-state index contributed by atoms with van der Waals surface area (Å²) in [5, 5.41) is 12.0. The topological polar surface area (TPSA) is 92.4 Å². The third kappa shape index (κ3) is 3.32. The molecule has 1 aliphatic carbocycles. The lowest BCUT2D eigenvalue weighted by Gasteiger charge is -2.29. The number of nitrogens with two attached hydrogens (primary N) is 1. The van der Waals surface area contributed by atoms with Crippen molar-refractivity contribution in [2.24, 2.45) is 0 Å². The van der Waals surface area contributed by atoms with E-state index in [1.54, 1.807) is 0 Å². The number of rotatable bonds is 3. The zero-order valence-electron chi connectivity index (χ0n) is 11.7. The molecule has 1 saturated carbocycles. The van der Waals surface area contributed by atoms with Crippen molar-refractivity contribution in [3.8, 4) is 0 Å². The van der Waals surface area contributed by atoms with Crippen LogP contribution in [0.3, 0.4) is 0 Å². The summed E-state index contributed by atoms with van der Waals surface area (Å²) in [6, 6.07) is 3.74. The Morgan fingerprint density at radius 1 is 1.19 bits per heavy atom. The maximum absolute atomic E-state index is 13.8. The van der Waals surface area contributed by atoms with E-state index in [0.717, 1.165) is 31.7 Å². The number of nitrogen functional groups attached to an aromatic ring is 1. The Bertz CT molecular complexity index is 552. The normalized spacial score (nSPS) is 17.8. The fraction of sp³-hybridized carbons (Fsp3) is 0.467. The first-order valence-corrected chi connectivity index (χ1v) is 7.05. The first kappa shape index (κ1) is 15.3. The van der Waals surface area contributed by atoms with Gasteiger partial charge >= 0.3 is 5.97 Å². The predicted molar refractivity (Wildman–Crippen MR) is 76.3 cm³/mol. The molecule has 0 aromatic heterocycles. The van der Waals surface area contributed by atoms with Crippen molar-refractivity contribution in [1.29, 1.82) is 0 Å². The molecular weight excluding hydrogens is 275 g/mol. The van der Waals surface area contributed by atoms with Crippen LogP contribution in [0, 0.1) is 5.82 Å². The maximum atomic E-state index is 13.8. The average molecular weight is 294 g/mol. The van der Waals surface area contributed by atoms with Gasteiger partial charge in [0.1, 0.15) is 11.4 Å². The Labute approximate surface area is 122 Å². The lowest BCUT2D eigenvalue weighted by molar-refractivity contribution is -0.145. The minimum Gasteiger partial charge on any atom is -0.480 e. The van der Waals surface area contributed by atoms with Crippen LogP contribution in [-0.2, 0) is 4.79 Å². The molecule has 5 nitrogen and oxygen atoms in total. The molecule has 1 amide bonds. The van der Waals surface area contributed by atoms with Gasteiger partial charge in [0.25, 0.3) is 5.91 Å². The van der Waals surface area contributed by atoms with E-state index in [-0.39, 0.29) is 11.3 Å². The average Bonchev–Trinajstić information content (AvgIpc) is 2.65. The first-order chi connectivity index (χ1) is 9.94. The third-order valence-corrected chi connectivity index (χ3v) is 3.96. The summed E-state index contributed by atoms with van der Waals surface area (Å²) in [4.78, 5) is 23.8. The zero-order valence-corrected chi connectivity index (χ0v) is 11.7. The second-order valence-electron chi connectivity index (χ2n) is 5.49. The van der Waals surface area contributed by atoms with E-state index in [0.29, 0.717) is 12.8 Å². The molecule has 0 heterocycles. The fourth-order valence-corrected chi connectivity index (χ4v) is 2.72. The number of aliphatic carboxylic acids is 1. The molecule has 0 unspecified atom stereocenters. The van der Waals surface area contributed by atoms with Gasteiger partial charge in [-0.25, -0.2) is 9.18 Å². The molecule has 2 rings (SSSR count). The number of benzene rings is 1. The number of carboxylic acid groups (broad SMARTS) is 1. The van der Waals surface area contributed by atoms with Crippen LogP contribution in [0.4, 0.5) is 10.1 Å². The minimum atomic E-state index is -1.30. The van der Waals surface area contributed by atoms with Gasteiger partial charge in [0.2, 0.25) is 0 Å². The van der Waals surface area contributed by atoms with Gasteiger partial charge in [-0.05, 0) is 31.0 Å². The van der Waals surface area contributed by atoms with Crippen LogP contribution < -0.4 is 11.1 Å². The van der Waals surface area contributed by atoms with Crippen LogP contribution in [0.15, 0.2) is 18.2 Å². The van der Waals surface area contributed by atoms with Crippen LogP contribution in [-0.4, -0.2) is 22.5 Å². The summed E-state index contributed by atoms with van der Waals surface area (Å²) in [5.41, 5.74) is 4.17. The Kier molecular flexibility index (Phi) is 4.45. The van der Waals surface area contributed by atoms with Crippen molar-refractivity contribution in [3.63, 3.8) is 0 Å². The zero-order chi connectivity index (χ0) is 15.5. The molecule has 1 aromatic carbocycles. The molecule has 0 bridgehead atoms. The van der Waals surface area contributed by atoms with Gasteiger partial charge in [-0.3, -0.25) is 4.79 Å². The van der Waals surface area contributed by atoms with Crippen molar-refractivity contribution in [3.05, 3.63) is 29.6 Å². The van der Waals surface area contributed by atoms with Gasteiger partial charge in [-0.2, -0.15) is 0 Å². The Hall–Kier alpha value is -2.11. The molecule has 114 valence electrons. The molecule has 6 heteroatoms. The third-order valence-electron chi connectivity index (χ3n) is 3.96. The van der Waals surface area contributed by atoms with E-state index in [1.807, 2.05) is 0 Å². The number of nitrogens with one attached hydrogen (secondary N) is 1. The molecule has 1 aliphatic rings. The van der Waals surface area contributed by atoms with Gasteiger partial charge < -0.3 is 16.2 Å². The molecule has 0 radical (unpaired) electrons. The molecule has 0 spiro atoms. The van der Waals surface area contributed by atoms with Gasteiger partial charge in [-0.15, -0.1) is 0 Å². The van der Waals surface area contributed by atoms with E-state index in [2.05, 4.69) is 5.32 Å². The lowest BCUT2D eigenvalue weighted by atomic mass is 9.89. The van der Waals surface area contributed by atoms with E-state index in [4.69, 9.17) is 5.73 Å². The Balaban J connectivity index is 2.24. The summed E-state index contributed by atoms with van der Waals surface area (Å²) < 4.78 is 13.8. The van der Waals surface area contributed by atoms with Crippen molar-refractivity contribution >= 4 is 17.6 Å². The number of hydrogen-bond donors (Lipinski definition) is 3. The number of amides is 1. The molecule has 1 aromatic rings. The molecule has 0 atom stereocenters. The van der Waals surface area contributed by atoms with Gasteiger partial charge in [-0.1, -0.05) is 25.7 Å². The SMILES string of the molecule is Nc1ccc(C(=O)NC2(C(=O)O)CCCCCC2)c(F)c1. The summed E-state index contributed by atoms with van der Waals surface area (Å²) in [7, 11) is 0. The van der Waals surface area contributed by atoms with E-state index >= 15 is 0 Å². The van der Waals surface area contributed by atoms with Crippen molar-refractivity contribution < 1.29 is 19.1 Å². The Morgan fingerprint density at radius 2 is 1.81 bits per heavy atom. The second kappa shape index (κ2) is 6.11. The van der Waals surface area contributed by atoms with Gasteiger partial charge in [0.15, 0.2) is 0 Å². The smallest absolute Gasteiger partial charge is 0.329 e. The van der Waals surface area contributed by atoms with Gasteiger partial charge in [0, 0.05) is 5.69 Å². The van der Waals surface area contributed by atoms with Crippen LogP contribution in [0.5, 0.6) is 0 Å². The number of halogens is 1. The number of hydrogen-bond acceptors (Lipinski definition) is 3. The van der Waals surface area contributed by atoms with Crippen molar-refractivity contribution in [1.82, 2.24) is 5.32 Å². The number of anilines is 1. The van der Waals surface area contributed by atoms with Crippen molar-refractivity contribution in [2.45, 2.75) is 44.1 Å². The van der Waals surface area contributed by atoms with E-state index in [1.165, 1.54) is 12.1 Å². The molecule has 21 heavy (non-hydrogen) atoms. The summed E-state index contributed by atoms with van der Waals surface area (Å²) in [6.07, 6.45) is 4.09. The summed E-state index contributed by atoms with van der Waals surface area (Å²) in [5.74, 6) is -2.52. The lowest BCUT2D eigenvalue weighted by Crippen LogP contribution is -2.54. The number of carboxylic acids is 1. The molecule has 0 saturated heterocycles. The molecular formula is C15H19FN2O3. The quantitative estimate of drug-likeness (QED) is 0.589. The van der Waals surface area contributed by atoms with Crippen LogP contribution in [0.1, 0.15) is 48.9 Å². The highest BCUT2D eigenvalue weighted by molar-refractivity contribution is 5.98. The standard InChI is InChI=1S/C15H19FN2O3/c16-12-9-10(17)5-6-11(12)13(19)18-15(14(20)21)7-3-1-2-4-8-15/h5-6,9H,1-4,7-8,17H2,(H,18,19)(H,20,21). The highest BCUT2D eigenvalue weighted by atomic mass is 19.1. The van der Waals surface area contributed by atoms with Gasteiger partial charge in [0.05, 0.1) is 5.56 Å². The fourth-order valence-electron chi connectivity index (χ4n) is 2.72. The highest BCUT2D eigenvalue weighted by Crippen LogP contribution is 2.28. The predicted octanol–water partition coefficient (Wildman–Crippen LogP) is 2.32.